The Hall–Kier alpha value is -1.99. The summed E-state index contributed by atoms with van der Waals surface area (Å²) in [6.07, 6.45) is 0. The van der Waals surface area contributed by atoms with Gasteiger partial charge in [-0.05, 0) is 6.07 Å². The molecule has 0 aliphatic carbocycles. The van der Waals surface area contributed by atoms with E-state index in [-0.39, 0.29) is 16.8 Å². The van der Waals surface area contributed by atoms with Crippen molar-refractivity contribution >= 4 is 12.6 Å². The average molecular weight is 296 g/mol. The molecule has 0 amide bonds. The van der Waals surface area contributed by atoms with Crippen LogP contribution in [0.15, 0.2) is 48.5 Å². The van der Waals surface area contributed by atoms with Gasteiger partial charge < -0.3 is 14.8 Å². The molecule has 0 fully saturated rings. The van der Waals surface area contributed by atoms with Crippen LogP contribution in [-0.4, -0.2) is 23.8 Å². The molecule has 7 heteroatoms. The van der Waals surface area contributed by atoms with Crippen molar-refractivity contribution in [2.75, 3.05) is 6.61 Å². The molecule has 0 aliphatic heterocycles. The standard InChI is InChI=1S/C14H12BF3O3/c16-11-6-7-12(15(19)20)13(8-11)21-9-14(17,18)10-4-2-1-3-5-10/h1-8,19-20H,9H2. The highest BCUT2D eigenvalue weighted by molar-refractivity contribution is 6.59. The molecular weight excluding hydrogens is 284 g/mol. The van der Waals surface area contributed by atoms with E-state index in [2.05, 4.69) is 0 Å². The fraction of sp³-hybridized carbons (Fsp3) is 0.143. The first kappa shape index (κ1) is 15.4. The monoisotopic (exact) mass is 296 g/mol. The van der Waals surface area contributed by atoms with Gasteiger partial charge in [-0.25, -0.2) is 4.39 Å². The van der Waals surface area contributed by atoms with E-state index in [0.717, 1.165) is 18.2 Å². The Morgan fingerprint density at radius 2 is 1.71 bits per heavy atom. The highest BCUT2D eigenvalue weighted by Gasteiger charge is 2.33. The summed E-state index contributed by atoms with van der Waals surface area (Å²) >= 11 is 0. The molecule has 0 radical (unpaired) electrons. The third-order valence-electron chi connectivity index (χ3n) is 2.86. The number of benzene rings is 2. The lowest BCUT2D eigenvalue weighted by Gasteiger charge is -2.19. The molecule has 0 atom stereocenters. The molecule has 2 aromatic carbocycles. The zero-order valence-electron chi connectivity index (χ0n) is 10.8. The molecule has 2 aromatic rings. The van der Waals surface area contributed by atoms with E-state index < -0.39 is 25.5 Å². The van der Waals surface area contributed by atoms with Crippen molar-refractivity contribution in [3.8, 4) is 5.75 Å². The SMILES string of the molecule is OB(O)c1ccc(F)cc1OCC(F)(F)c1ccccc1. The van der Waals surface area contributed by atoms with Gasteiger partial charge in [-0.1, -0.05) is 36.4 Å². The summed E-state index contributed by atoms with van der Waals surface area (Å²) in [5.74, 6) is -4.34. The summed E-state index contributed by atoms with van der Waals surface area (Å²) in [7, 11) is -1.94. The van der Waals surface area contributed by atoms with Gasteiger partial charge in [0.1, 0.15) is 11.6 Å². The summed E-state index contributed by atoms with van der Waals surface area (Å²) in [5.41, 5.74) is -0.423. The first-order chi connectivity index (χ1) is 9.90. The normalized spacial score (nSPS) is 11.3. The van der Waals surface area contributed by atoms with Crippen LogP contribution in [0.4, 0.5) is 13.2 Å². The molecule has 0 bridgehead atoms. The van der Waals surface area contributed by atoms with Crippen LogP contribution in [-0.2, 0) is 5.92 Å². The Bertz CT molecular complexity index is 606. The fourth-order valence-electron chi connectivity index (χ4n) is 1.78. The van der Waals surface area contributed by atoms with Gasteiger partial charge in [0.05, 0.1) is 0 Å². The number of ether oxygens (including phenoxy) is 1. The van der Waals surface area contributed by atoms with Crippen molar-refractivity contribution in [3.05, 3.63) is 59.9 Å². The molecule has 0 heterocycles. The van der Waals surface area contributed by atoms with Crippen LogP contribution in [0.25, 0.3) is 0 Å². The van der Waals surface area contributed by atoms with E-state index >= 15 is 0 Å². The van der Waals surface area contributed by atoms with Crippen molar-refractivity contribution in [2.24, 2.45) is 0 Å². The van der Waals surface area contributed by atoms with E-state index in [4.69, 9.17) is 14.8 Å². The largest absolute Gasteiger partial charge is 0.492 e. The summed E-state index contributed by atoms with van der Waals surface area (Å²) in [6, 6.07) is 9.91. The van der Waals surface area contributed by atoms with Gasteiger partial charge in [0, 0.05) is 17.1 Å². The quantitative estimate of drug-likeness (QED) is 0.825. The van der Waals surface area contributed by atoms with Crippen LogP contribution >= 0.6 is 0 Å². The van der Waals surface area contributed by atoms with E-state index in [1.54, 1.807) is 6.07 Å². The minimum atomic E-state index is -3.29. The van der Waals surface area contributed by atoms with Crippen LogP contribution in [0, 0.1) is 5.82 Å². The van der Waals surface area contributed by atoms with Gasteiger partial charge in [-0.3, -0.25) is 0 Å². The third kappa shape index (κ3) is 3.77. The number of hydrogen-bond donors (Lipinski definition) is 2. The van der Waals surface area contributed by atoms with Crippen molar-refractivity contribution in [1.82, 2.24) is 0 Å². The van der Waals surface area contributed by atoms with Crippen LogP contribution in [0.2, 0.25) is 0 Å². The zero-order valence-corrected chi connectivity index (χ0v) is 10.8. The predicted octanol–water partition coefficient (Wildman–Crippen LogP) is 1.68. The lowest BCUT2D eigenvalue weighted by Crippen LogP contribution is -2.33. The van der Waals surface area contributed by atoms with E-state index in [1.807, 2.05) is 0 Å². The lowest BCUT2D eigenvalue weighted by molar-refractivity contribution is -0.0465. The first-order valence-corrected chi connectivity index (χ1v) is 6.12. The summed E-state index contributed by atoms with van der Waals surface area (Å²) in [6.45, 7) is -1.04. The molecular formula is C14H12BF3O3. The Morgan fingerprint density at radius 3 is 2.33 bits per heavy atom. The molecule has 21 heavy (non-hydrogen) atoms. The molecule has 2 rings (SSSR count). The van der Waals surface area contributed by atoms with Crippen molar-refractivity contribution in [3.63, 3.8) is 0 Å². The molecule has 0 spiro atoms. The number of hydrogen-bond acceptors (Lipinski definition) is 3. The minimum absolute atomic E-state index is 0.180. The zero-order chi connectivity index (χ0) is 15.5. The highest BCUT2D eigenvalue weighted by Crippen LogP contribution is 2.28. The maximum Gasteiger partial charge on any atom is 0.492 e. The first-order valence-electron chi connectivity index (χ1n) is 6.12. The van der Waals surface area contributed by atoms with E-state index in [9.17, 15) is 13.2 Å². The second kappa shape index (κ2) is 6.20. The van der Waals surface area contributed by atoms with Gasteiger partial charge in [-0.2, -0.15) is 8.78 Å². The maximum absolute atomic E-state index is 13.9. The Kier molecular flexibility index (Phi) is 4.54. The second-order valence-electron chi connectivity index (χ2n) is 4.41. The molecule has 2 N–H and O–H groups in total. The predicted molar refractivity (Wildman–Crippen MR) is 72.1 cm³/mol. The molecule has 0 unspecified atom stereocenters. The van der Waals surface area contributed by atoms with Crippen molar-refractivity contribution in [2.45, 2.75) is 5.92 Å². The topological polar surface area (TPSA) is 49.7 Å². The number of rotatable bonds is 5. The van der Waals surface area contributed by atoms with Crippen molar-refractivity contribution in [1.29, 1.82) is 0 Å². The molecule has 3 nitrogen and oxygen atoms in total. The molecule has 0 saturated heterocycles. The third-order valence-corrected chi connectivity index (χ3v) is 2.86. The molecule has 0 aromatic heterocycles. The summed E-state index contributed by atoms with van der Waals surface area (Å²) < 4.78 is 45.9. The van der Waals surface area contributed by atoms with Crippen LogP contribution in [0.3, 0.4) is 0 Å². The van der Waals surface area contributed by atoms with E-state index in [0.29, 0.717) is 0 Å². The minimum Gasteiger partial charge on any atom is -0.487 e. The van der Waals surface area contributed by atoms with Gasteiger partial charge in [0.2, 0.25) is 0 Å². The van der Waals surface area contributed by atoms with E-state index in [1.165, 1.54) is 24.3 Å². The van der Waals surface area contributed by atoms with Crippen molar-refractivity contribution < 1.29 is 28.0 Å². The van der Waals surface area contributed by atoms with Gasteiger partial charge >= 0.3 is 13.0 Å². The van der Waals surface area contributed by atoms with Crippen LogP contribution < -0.4 is 10.2 Å². The highest BCUT2D eigenvalue weighted by atomic mass is 19.3. The van der Waals surface area contributed by atoms with Crippen LogP contribution in [0.5, 0.6) is 5.75 Å². The van der Waals surface area contributed by atoms with Crippen LogP contribution in [0.1, 0.15) is 5.56 Å². The smallest absolute Gasteiger partial charge is 0.487 e. The molecule has 110 valence electrons. The second-order valence-corrected chi connectivity index (χ2v) is 4.41. The lowest BCUT2D eigenvalue weighted by atomic mass is 9.79. The Labute approximate surface area is 119 Å². The van der Waals surface area contributed by atoms with Gasteiger partial charge in [-0.15, -0.1) is 0 Å². The summed E-state index contributed by atoms with van der Waals surface area (Å²) in [4.78, 5) is 0. The Morgan fingerprint density at radius 1 is 1.05 bits per heavy atom. The molecule has 0 saturated carbocycles. The average Bonchev–Trinajstić information content (AvgIpc) is 2.46. The number of alkyl halides is 2. The fourth-order valence-corrected chi connectivity index (χ4v) is 1.78. The number of halogens is 3. The maximum atomic E-state index is 13.9. The Balaban J connectivity index is 2.18. The van der Waals surface area contributed by atoms with Gasteiger partial charge in [0.15, 0.2) is 6.61 Å². The summed E-state index contributed by atoms with van der Waals surface area (Å²) in [5, 5.41) is 18.2. The molecule has 0 aliphatic rings. The van der Waals surface area contributed by atoms with Gasteiger partial charge in [0.25, 0.3) is 0 Å².